The average Bonchev–Trinajstić information content (AvgIpc) is 1.59. The number of aliphatic imine (C=N–C) groups is 1. The van der Waals surface area contributed by atoms with E-state index in [1.165, 1.54) is 12.0 Å². The quantitative estimate of drug-likeness (QED) is 0.0269. The van der Waals surface area contributed by atoms with Gasteiger partial charge in [-0.15, -0.1) is 32.9 Å². The number of thiazole rings is 1. The fourth-order valence-corrected chi connectivity index (χ4v) is 13.2. The molecular formula is C70H91N7O15S2. The Morgan fingerprint density at radius 2 is 1.31 bits per heavy atom. The number of methoxy groups -OCH3 is 1. The topological polar surface area (TPSA) is 260 Å². The minimum absolute atomic E-state index is 0.0178. The van der Waals surface area contributed by atoms with E-state index >= 15 is 0 Å². The molecule has 5 atom stereocenters. The summed E-state index contributed by atoms with van der Waals surface area (Å²) >= 11 is 3.23. The maximum Gasteiger partial charge on any atom is 0.308 e. The van der Waals surface area contributed by atoms with E-state index in [1.54, 1.807) is 22.7 Å². The van der Waals surface area contributed by atoms with E-state index in [0.29, 0.717) is 115 Å². The Kier molecular flexibility index (Phi) is 28.1. The van der Waals surface area contributed by atoms with Crippen LogP contribution < -0.4 is 10.1 Å². The van der Waals surface area contributed by atoms with Crippen LogP contribution in [-0.4, -0.2) is 190 Å². The van der Waals surface area contributed by atoms with Gasteiger partial charge < -0.3 is 58.0 Å². The predicted octanol–water partition coefficient (Wildman–Crippen LogP) is 9.55. The number of aryl methyl sites for hydroxylation is 4. The van der Waals surface area contributed by atoms with E-state index < -0.39 is 35.5 Å². The Morgan fingerprint density at radius 3 is 1.88 bits per heavy atom. The number of Topliss-reactive ketones (excluding diaryl/α,β-unsaturated/α-hetero) is 2. The van der Waals surface area contributed by atoms with Gasteiger partial charge in [0.25, 0.3) is 0 Å². The number of fused-ring (bicyclic) bond motifs is 3. The third-order valence-corrected chi connectivity index (χ3v) is 18.7. The van der Waals surface area contributed by atoms with Crippen LogP contribution in [0.4, 0.5) is 5.69 Å². The number of aliphatic hydroxyl groups excluding tert-OH is 1. The minimum atomic E-state index is -0.821. The summed E-state index contributed by atoms with van der Waals surface area (Å²) in [6, 6.07) is 22.1. The number of anilines is 1. The summed E-state index contributed by atoms with van der Waals surface area (Å²) < 4.78 is 52.1. The molecule has 3 aromatic heterocycles. The van der Waals surface area contributed by atoms with Crippen molar-refractivity contribution in [1.82, 2.24) is 24.6 Å². The first-order valence-electron chi connectivity index (χ1n) is 32.2. The van der Waals surface area contributed by atoms with Gasteiger partial charge in [-0.05, 0) is 92.0 Å². The fraction of sp³-hybridized carbons (Fsp3) is 0.529. The van der Waals surface area contributed by atoms with Gasteiger partial charge in [0, 0.05) is 59.8 Å². The van der Waals surface area contributed by atoms with Crippen molar-refractivity contribution in [3.05, 3.63) is 128 Å². The molecule has 2 aliphatic heterocycles. The number of ether oxygens (including phenoxy) is 9. The van der Waals surface area contributed by atoms with Crippen LogP contribution in [0.15, 0.2) is 83.3 Å². The molecule has 0 radical (unpaired) electrons. The van der Waals surface area contributed by atoms with Gasteiger partial charge in [0.05, 0.1) is 133 Å². The maximum absolute atomic E-state index is 14.1. The van der Waals surface area contributed by atoms with Crippen molar-refractivity contribution in [2.24, 2.45) is 16.3 Å². The predicted molar refractivity (Wildman–Crippen MR) is 359 cm³/mol. The summed E-state index contributed by atoms with van der Waals surface area (Å²) in [6.07, 6.45) is 0.396. The summed E-state index contributed by atoms with van der Waals surface area (Å²) in [7, 11) is 1.36. The second-order valence-electron chi connectivity index (χ2n) is 24.5. The van der Waals surface area contributed by atoms with Gasteiger partial charge in [0.2, 0.25) is 11.8 Å². The largest absolute Gasteiger partial charge is 0.491 e. The van der Waals surface area contributed by atoms with Crippen LogP contribution in [0.1, 0.15) is 122 Å². The van der Waals surface area contributed by atoms with E-state index in [9.17, 15) is 29.1 Å². The lowest BCUT2D eigenvalue weighted by atomic mass is 9.76. The molecule has 1 fully saturated rings. The lowest BCUT2D eigenvalue weighted by molar-refractivity contribution is -0.146. The van der Waals surface area contributed by atoms with Crippen molar-refractivity contribution in [3.8, 4) is 21.2 Å². The number of β-amino-alcohol motifs (C(OH)–C–C–N with tert-alkyl or cyclic N) is 1. The van der Waals surface area contributed by atoms with Gasteiger partial charge >= 0.3 is 5.97 Å². The standard InChI is InChI=1S/C70H91N7O15S2/c1-45(51-13-15-53(16-14-51)66-47(3)71-44-93-66)38-61(80)60-40-55(78)42-76(60)68(83)58(70(6,7)8)39-56(79)43-91-35-34-89-31-30-87-27-26-85-24-25-86-28-29-88-32-33-90-36-37-92-57-21-10-50(11-22-57)12-23-62(81)72-54-19-17-52(18-20-54)65-64-46(2)48(4)94-69(64)77-49(5)74-75-67(77)59(73-65)41-63(82)84-9/h10-11,13-22,44-45,55,58-60,78H,12,23-43H2,1-9H3,(H,72,81)/t45-,55-,58-,59+,60+/m1/s1. The highest BCUT2D eigenvalue weighted by molar-refractivity contribution is 7.15. The van der Waals surface area contributed by atoms with E-state index in [2.05, 4.69) is 34.3 Å². The van der Waals surface area contributed by atoms with Gasteiger partial charge in [-0.1, -0.05) is 76.2 Å². The first kappa shape index (κ1) is 72.9. The zero-order chi connectivity index (χ0) is 67.2. The number of carbonyl (C=O) groups is 5. The lowest BCUT2D eigenvalue weighted by Crippen LogP contribution is -2.47. The Labute approximate surface area is 559 Å². The van der Waals surface area contributed by atoms with Crippen molar-refractivity contribution in [2.45, 2.75) is 118 Å². The number of nitrogens with zero attached hydrogens (tertiary/aromatic N) is 6. The Hall–Kier alpha value is -6.97. The second kappa shape index (κ2) is 36.2. The number of esters is 1. The number of hydrogen-bond acceptors (Lipinski definition) is 21. The lowest BCUT2D eigenvalue weighted by Gasteiger charge is -2.35. The van der Waals surface area contributed by atoms with Crippen molar-refractivity contribution in [2.75, 3.05) is 118 Å². The molecule has 0 aliphatic carbocycles. The van der Waals surface area contributed by atoms with Crippen LogP contribution in [-0.2, 0) is 68.3 Å². The monoisotopic (exact) mass is 1330 g/mol. The number of amides is 2. The Morgan fingerprint density at radius 1 is 0.723 bits per heavy atom. The van der Waals surface area contributed by atoms with Crippen molar-refractivity contribution in [1.29, 1.82) is 0 Å². The van der Waals surface area contributed by atoms with E-state index in [4.69, 9.17) is 47.6 Å². The summed E-state index contributed by atoms with van der Waals surface area (Å²) in [5, 5.41) is 23.4. The third-order valence-electron chi connectivity index (χ3n) is 16.5. The number of hydrogen-bond donors (Lipinski definition) is 2. The van der Waals surface area contributed by atoms with Crippen LogP contribution in [0.3, 0.4) is 0 Å². The highest BCUT2D eigenvalue weighted by Crippen LogP contribution is 2.40. The molecule has 8 rings (SSSR count). The number of benzene rings is 3. The molecule has 0 saturated carbocycles. The van der Waals surface area contributed by atoms with Gasteiger partial charge in [-0.3, -0.25) is 33.5 Å². The molecule has 2 N–H and O–H groups in total. The zero-order valence-electron chi connectivity index (χ0n) is 55.6. The maximum atomic E-state index is 14.1. The number of ketones is 2. The van der Waals surface area contributed by atoms with Crippen molar-refractivity contribution >= 4 is 63.4 Å². The van der Waals surface area contributed by atoms with Crippen LogP contribution in [0, 0.1) is 39.0 Å². The SMILES string of the molecule is COC(=O)C[C@@H]1N=C(c2ccc(NC(=O)CCc3ccc(OCCOCCOCCOCCOCCOCCOCCOCC(=O)C[C@H](C(=O)N4C[C@H](O)C[C@H]4C(=O)C[C@@H](C)c4ccc(-c5scnc5C)cc4)C(C)(C)C)cc3)cc2)c2c(sc(C)c2C)-n2c(C)nnc21. The van der Waals surface area contributed by atoms with Gasteiger partial charge in [-0.2, -0.15) is 0 Å². The first-order chi connectivity index (χ1) is 45.3. The molecule has 1 saturated heterocycles. The number of carbonyl (C=O) groups excluding carboxylic acids is 5. The number of aromatic nitrogens is 4. The van der Waals surface area contributed by atoms with Crippen molar-refractivity contribution < 1.29 is 71.7 Å². The zero-order valence-corrected chi connectivity index (χ0v) is 57.2. The molecule has 24 heteroatoms. The summed E-state index contributed by atoms with van der Waals surface area (Å²) in [4.78, 5) is 79.8. The number of likely N-dealkylation sites (tertiary alicyclic amines) is 1. The molecule has 0 unspecified atom stereocenters. The molecule has 508 valence electrons. The molecule has 0 spiro atoms. The van der Waals surface area contributed by atoms with Crippen LogP contribution in [0.5, 0.6) is 5.75 Å². The fourth-order valence-electron chi connectivity index (χ4n) is 11.1. The molecule has 5 heterocycles. The Balaban J connectivity index is 0.589. The summed E-state index contributed by atoms with van der Waals surface area (Å²) in [6.45, 7) is 20.9. The molecular weight excluding hydrogens is 1240 g/mol. The second-order valence-corrected chi connectivity index (χ2v) is 26.6. The van der Waals surface area contributed by atoms with E-state index in [0.717, 1.165) is 59.5 Å². The molecule has 94 heavy (non-hydrogen) atoms. The molecule has 3 aromatic carbocycles. The molecule has 22 nitrogen and oxygen atoms in total. The molecule has 6 aromatic rings. The average molecular weight is 1330 g/mol. The van der Waals surface area contributed by atoms with Crippen LogP contribution in [0.2, 0.25) is 0 Å². The van der Waals surface area contributed by atoms with Gasteiger partial charge in [0.15, 0.2) is 17.4 Å². The molecule has 2 aliphatic rings. The number of aliphatic hydroxyl groups is 1. The van der Waals surface area contributed by atoms with Crippen molar-refractivity contribution in [3.63, 3.8) is 0 Å². The van der Waals surface area contributed by atoms with Crippen LogP contribution in [0.25, 0.3) is 15.4 Å². The normalized spacial score (nSPS) is 16.0. The smallest absolute Gasteiger partial charge is 0.308 e. The molecule has 0 bridgehead atoms. The van der Waals surface area contributed by atoms with E-state index in [-0.39, 0.29) is 81.3 Å². The van der Waals surface area contributed by atoms with Gasteiger partial charge in [0.1, 0.15) is 35.8 Å². The number of thiophene rings is 1. The molecule has 2 amide bonds. The number of nitrogens with one attached hydrogen (secondary N) is 1. The minimum Gasteiger partial charge on any atom is -0.491 e. The van der Waals surface area contributed by atoms with E-state index in [1.807, 2.05) is 124 Å². The summed E-state index contributed by atoms with van der Waals surface area (Å²) in [5.41, 5.74) is 9.64. The highest BCUT2D eigenvalue weighted by Gasteiger charge is 2.44. The first-order valence-corrected chi connectivity index (χ1v) is 33.9. The Bertz CT molecular complexity index is 3450. The third kappa shape index (κ3) is 21.0. The summed E-state index contributed by atoms with van der Waals surface area (Å²) in [5.74, 6) is 0.0820. The highest BCUT2D eigenvalue weighted by atomic mass is 32.1. The number of rotatable bonds is 39. The van der Waals surface area contributed by atoms with Gasteiger partial charge in [-0.25, -0.2) is 4.98 Å². The van der Waals surface area contributed by atoms with Crippen LogP contribution >= 0.6 is 22.7 Å².